The summed E-state index contributed by atoms with van der Waals surface area (Å²) in [5, 5.41) is 0. The van der Waals surface area contributed by atoms with Crippen molar-refractivity contribution in [1.82, 2.24) is 9.80 Å². The highest BCUT2D eigenvalue weighted by Crippen LogP contribution is 2.32. The summed E-state index contributed by atoms with van der Waals surface area (Å²) in [5.74, 6) is 1.39. The average Bonchev–Trinajstić information content (AvgIpc) is 3.17. The van der Waals surface area contributed by atoms with E-state index in [1.807, 2.05) is 67.3 Å². The van der Waals surface area contributed by atoms with E-state index in [-0.39, 0.29) is 31.1 Å². The lowest BCUT2D eigenvalue weighted by Gasteiger charge is -2.28. The predicted octanol–water partition coefficient (Wildman–Crippen LogP) is 3.59. The molecule has 2 aromatic carbocycles. The van der Waals surface area contributed by atoms with Gasteiger partial charge in [0.1, 0.15) is 0 Å². The zero-order chi connectivity index (χ0) is 20.8. The van der Waals surface area contributed by atoms with Crippen molar-refractivity contribution in [2.45, 2.75) is 46.3 Å². The molecular weight excluding hydrogens is 368 g/mol. The van der Waals surface area contributed by atoms with E-state index in [9.17, 15) is 9.59 Å². The van der Waals surface area contributed by atoms with E-state index in [1.54, 1.807) is 4.90 Å². The maximum absolute atomic E-state index is 12.9. The van der Waals surface area contributed by atoms with Crippen LogP contribution < -0.4 is 9.47 Å². The molecule has 1 heterocycles. The summed E-state index contributed by atoms with van der Waals surface area (Å²) in [6.45, 7) is 7.14. The number of fused-ring (bicyclic) bond motifs is 1. The Labute approximate surface area is 172 Å². The van der Waals surface area contributed by atoms with Crippen molar-refractivity contribution < 1.29 is 19.1 Å². The van der Waals surface area contributed by atoms with Gasteiger partial charge in [0, 0.05) is 39.0 Å². The number of hydrogen-bond donors (Lipinski definition) is 0. The fraction of sp³-hybridized carbons (Fsp3) is 0.391. The fourth-order valence-electron chi connectivity index (χ4n) is 3.32. The lowest BCUT2D eigenvalue weighted by molar-refractivity contribution is -0.135. The number of rotatable bonds is 8. The van der Waals surface area contributed by atoms with Gasteiger partial charge >= 0.3 is 0 Å². The second-order valence-corrected chi connectivity index (χ2v) is 7.48. The van der Waals surface area contributed by atoms with Gasteiger partial charge in [0.25, 0.3) is 0 Å². The lowest BCUT2D eigenvalue weighted by Crippen LogP contribution is -2.39. The number of nitrogens with zero attached hydrogens (tertiary/aromatic N) is 2. The molecule has 0 bridgehead atoms. The van der Waals surface area contributed by atoms with Gasteiger partial charge in [0.15, 0.2) is 11.5 Å². The van der Waals surface area contributed by atoms with Crippen molar-refractivity contribution >= 4 is 11.8 Å². The van der Waals surface area contributed by atoms with Crippen molar-refractivity contribution in [3.05, 3.63) is 59.7 Å². The Kier molecular flexibility index (Phi) is 6.75. The highest BCUT2D eigenvalue weighted by Gasteiger charge is 2.20. The summed E-state index contributed by atoms with van der Waals surface area (Å²) >= 11 is 0. The van der Waals surface area contributed by atoms with Crippen molar-refractivity contribution in [1.29, 1.82) is 0 Å². The van der Waals surface area contributed by atoms with Crippen molar-refractivity contribution in [3.8, 4) is 11.5 Å². The van der Waals surface area contributed by atoms with Crippen LogP contribution >= 0.6 is 0 Å². The highest BCUT2D eigenvalue weighted by molar-refractivity contribution is 5.78. The third-order valence-corrected chi connectivity index (χ3v) is 4.99. The number of benzene rings is 2. The van der Waals surface area contributed by atoms with Crippen LogP contribution in [0.4, 0.5) is 0 Å². The van der Waals surface area contributed by atoms with Gasteiger partial charge in [-0.15, -0.1) is 0 Å². The van der Waals surface area contributed by atoms with Crippen LogP contribution in [0.2, 0.25) is 0 Å². The maximum atomic E-state index is 12.9. The molecule has 0 spiro atoms. The smallest absolute Gasteiger partial charge is 0.231 e. The first-order chi connectivity index (χ1) is 13.9. The Morgan fingerprint density at radius 3 is 2.38 bits per heavy atom. The lowest BCUT2D eigenvalue weighted by atomic mass is 10.1. The van der Waals surface area contributed by atoms with E-state index in [2.05, 4.69) is 0 Å². The molecule has 2 aromatic rings. The van der Waals surface area contributed by atoms with Gasteiger partial charge in [0.2, 0.25) is 18.6 Å². The quantitative estimate of drug-likeness (QED) is 0.684. The van der Waals surface area contributed by atoms with Crippen LogP contribution in [-0.4, -0.2) is 41.0 Å². The van der Waals surface area contributed by atoms with Crippen LogP contribution in [0.15, 0.2) is 48.5 Å². The third kappa shape index (κ3) is 5.50. The molecule has 6 heteroatoms. The molecule has 0 unspecified atom stereocenters. The summed E-state index contributed by atoms with van der Waals surface area (Å²) in [5.41, 5.74) is 2.04. The molecule has 0 aromatic heterocycles. The Morgan fingerprint density at radius 1 is 0.966 bits per heavy atom. The molecule has 6 nitrogen and oxygen atoms in total. The molecule has 0 aliphatic carbocycles. The van der Waals surface area contributed by atoms with Crippen molar-refractivity contribution in [2.24, 2.45) is 0 Å². The number of amides is 2. The minimum Gasteiger partial charge on any atom is -0.454 e. The van der Waals surface area contributed by atoms with Gasteiger partial charge < -0.3 is 19.3 Å². The SMILES string of the molecule is CC(=O)N(CCC(=O)N(Cc1ccccc1)C(C)C)Cc1ccc2c(c1)OCO2. The average molecular weight is 396 g/mol. The number of carbonyl (C=O) groups excluding carboxylic acids is 2. The highest BCUT2D eigenvalue weighted by atomic mass is 16.7. The fourth-order valence-corrected chi connectivity index (χ4v) is 3.32. The number of ether oxygens (including phenoxy) is 2. The molecule has 2 amide bonds. The van der Waals surface area contributed by atoms with Crippen LogP contribution in [0.5, 0.6) is 11.5 Å². The van der Waals surface area contributed by atoms with Crippen LogP contribution in [-0.2, 0) is 22.7 Å². The normalized spacial score (nSPS) is 12.1. The molecular formula is C23H28N2O4. The number of hydrogen-bond acceptors (Lipinski definition) is 4. The molecule has 0 saturated carbocycles. The summed E-state index contributed by atoms with van der Waals surface area (Å²) < 4.78 is 10.7. The molecule has 0 radical (unpaired) electrons. The van der Waals surface area contributed by atoms with E-state index >= 15 is 0 Å². The van der Waals surface area contributed by atoms with Crippen LogP contribution in [0.1, 0.15) is 38.3 Å². The van der Waals surface area contributed by atoms with E-state index in [1.165, 1.54) is 6.92 Å². The van der Waals surface area contributed by atoms with Gasteiger partial charge in [-0.1, -0.05) is 36.4 Å². The van der Waals surface area contributed by atoms with Crippen LogP contribution in [0.3, 0.4) is 0 Å². The Balaban J connectivity index is 1.61. The first kappa shape index (κ1) is 20.7. The predicted molar refractivity (Wildman–Crippen MR) is 110 cm³/mol. The summed E-state index contributed by atoms with van der Waals surface area (Å²) in [7, 11) is 0. The first-order valence-corrected chi connectivity index (χ1v) is 9.91. The molecule has 154 valence electrons. The van der Waals surface area contributed by atoms with E-state index in [0.717, 1.165) is 11.1 Å². The van der Waals surface area contributed by atoms with Gasteiger partial charge in [-0.2, -0.15) is 0 Å². The Bertz CT molecular complexity index is 851. The van der Waals surface area contributed by atoms with Crippen LogP contribution in [0.25, 0.3) is 0 Å². The summed E-state index contributed by atoms with van der Waals surface area (Å²) in [4.78, 5) is 28.6. The van der Waals surface area contributed by atoms with E-state index < -0.39 is 0 Å². The minimum absolute atomic E-state index is 0.0424. The zero-order valence-electron chi connectivity index (χ0n) is 17.3. The summed E-state index contributed by atoms with van der Waals surface area (Å²) in [6.07, 6.45) is 0.287. The van der Waals surface area contributed by atoms with Gasteiger partial charge in [-0.25, -0.2) is 0 Å². The molecule has 0 fully saturated rings. The zero-order valence-corrected chi connectivity index (χ0v) is 17.3. The van der Waals surface area contributed by atoms with E-state index in [4.69, 9.17) is 9.47 Å². The maximum Gasteiger partial charge on any atom is 0.231 e. The molecule has 1 aliphatic rings. The topological polar surface area (TPSA) is 59.1 Å². The largest absolute Gasteiger partial charge is 0.454 e. The standard InChI is InChI=1S/C23H28N2O4/c1-17(2)25(15-19-7-5-4-6-8-19)23(27)11-12-24(18(3)26)14-20-9-10-21-22(13-20)29-16-28-21/h4-10,13,17H,11-12,14-16H2,1-3H3. The molecule has 29 heavy (non-hydrogen) atoms. The molecule has 0 N–H and O–H groups in total. The van der Waals surface area contributed by atoms with E-state index in [0.29, 0.717) is 31.1 Å². The first-order valence-electron chi connectivity index (χ1n) is 9.91. The molecule has 3 rings (SSSR count). The second-order valence-electron chi connectivity index (χ2n) is 7.48. The number of carbonyl (C=O) groups is 2. The van der Waals surface area contributed by atoms with Gasteiger partial charge in [-0.3, -0.25) is 9.59 Å². The van der Waals surface area contributed by atoms with Gasteiger partial charge in [-0.05, 0) is 37.1 Å². The third-order valence-electron chi connectivity index (χ3n) is 4.99. The Morgan fingerprint density at radius 2 is 1.69 bits per heavy atom. The molecule has 0 saturated heterocycles. The minimum atomic E-state index is -0.0605. The van der Waals surface area contributed by atoms with Crippen molar-refractivity contribution in [2.75, 3.05) is 13.3 Å². The summed E-state index contributed by atoms with van der Waals surface area (Å²) in [6, 6.07) is 15.7. The monoisotopic (exact) mass is 396 g/mol. The second kappa shape index (κ2) is 9.45. The molecule has 1 aliphatic heterocycles. The van der Waals surface area contributed by atoms with Crippen LogP contribution in [0, 0.1) is 0 Å². The van der Waals surface area contributed by atoms with Gasteiger partial charge in [0.05, 0.1) is 0 Å². The van der Waals surface area contributed by atoms with Crippen molar-refractivity contribution in [3.63, 3.8) is 0 Å². The molecule has 0 atom stereocenters. The Hall–Kier alpha value is -3.02.